The van der Waals surface area contributed by atoms with Gasteiger partial charge in [-0.15, -0.1) is 0 Å². The molecule has 0 bridgehead atoms. The fourth-order valence-electron chi connectivity index (χ4n) is 3.14. The first kappa shape index (κ1) is 14.6. The standard InChI is InChI=1S/C20H17N3O/c1-13-21-19(15-10-6-3-7-11-15)18-17(24)12-16(23-20(18)22-13)14-8-4-2-5-9-14/h2-11,16H,12H2,1H3,(H,21,22,23). The zero-order chi connectivity index (χ0) is 16.5. The van der Waals surface area contributed by atoms with Gasteiger partial charge in [0, 0.05) is 12.0 Å². The molecule has 2 heterocycles. The van der Waals surface area contributed by atoms with Crippen LogP contribution in [0.5, 0.6) is 0 Å². The summed E-state index contributed by atoms with van der Waals surface area (Å²) in [6, 6.07) is 19.7. The molecule has 118 valence electrons. The van der Waals surface area contributed by atoms with E-state index in [1.54, 1.807) is 0 Å². The van der Waals surface area contributed by atoms with Gasteiger partial charge in [0.05, 0.1) is 17.3 Å². The van der Waals surface area contributed by atoms with Gasteiger partial charge < -0.3 is 5.32 Å². The molecule has 0 fully saturated rings. The maximum Gasteiger partial charge on any atom is 0.171 e. The Labute approximate surface area is 140 Å². The number of hydrogen-bond donors (Lipinski definition) is 1. The number of nitrogens with one attached hydrogen (secondary N) is 1. The van der Waals surface area contributed by atoms with E-state index in [1.165, 1.54) is 0 Å². The van der Waals surface area contributed by atoms with Crippen LogP contribution >= 0.6 is 0 Å². The molecule has 1 aromatic heterocycles. The number of aromatic nitrogens is 2. The van der Waals surface area contributed by atoms with E-state index in [-0.39, 0.29) is 11.8 Å². The van der Waals surface area contributed by atoms with Crippen LogP contribution < -0.4 is 5.32 Å². The van der Waals surface area contributed by atoms with Crippen molar-refractivity contribution in [2.45, 2.75) is 19.4 Å². The summed E-state index contributed by atoms with van der Waals surface area (Å²) in [5.41, 5.74) is 3.34. The van der Waals surface area contributed by atoms with Gasteiger partial charge in [0.15, 0.2) is 5.78 Å². The van der Waals surface area contributed by atoms with Gasteiger partial charge in [0.1, 0.15) is 11.6 Å². The van der Waals surface area contributed by atoms with E-state index in [0.29, 0.717) is 29.3 Å². The number of Topliss-reactive ketones (excluding diaryl/α,β-unsaturated/α-hetero) is 1. The molecule has 2 aromatic carbocycles. The third-order valence-corrected chi connectivity index (χ3v) is 4.25. The smallest absolute Gasteiger partial charge is 0.171 e. The van der Waals surface area contributed by atoms with Gasteiger partial charge in [-0.2, -0.15) is 0 Å². The molecule has 4 heteroatoms. The van der Waals surface area contributed by atoms with E-state index in [1.807, 2.05) is 67.6 Å². The largest absolute Gasteiger partial charge is 0.362 e. The van der Waals surface area contributed by atoms with Crippen molar-refractivity contribution in [3.8, 4) is 11.3 Å². The predicted octanol–water partition coefficient (Wildman–Crippen LogP) is 4.19. The molecule has 0 saturated carbocycles. The number of ketones is 1. The number of fused-ring (bicyclic) bond motifs is 1. The predicted molar refractivity (Wildman–Crippen MR) is 94.0 cm³/mol. The quantitative estimate of drug-likeness (QED) is 0.770. The summed E-state index contributed by atoms with van der Waals surface area (Å²) in [7, 11) is 0. The molecule has 24 heavy (non-hydrogen) atoms. The third-order valence-electron chi connectivity index (χ3n) is 4.25. The molecule has 0 saturated heterocycles. The van der Waals surface area contributed by atoms with Crippen LogP contribution in [0.25, 0.3) is 11.3 Å². The van der Waals surface area contributed by atoms with E-state index in [2.05, 4.69) is 15.3 Å². The lowest BCUT2D eigenvalue weighted by molar-refractivity contribution is 0.0972. The molecule has 0 spiro atoms. The van der Waals surface area contributed by atoms with E-state index < -0.39 is 0 Å². The van der Waals surface area contributed by atoms with Crippen molar-refractivity contribution in [1.29, 1.82) is 0 Å². The molecule has 1 atom stereocenters. The Morgan fingerprint density at radius 1 is 0.958 bits per heavy atom. The first-order valence-corrected chi connectivity index (χ1v) is 8.01. The molecule has 3 aromatic rings. The van der Waals surface area contributed by atoms with Gasteiger partial charge in [-0.05, 0) is 12.5 Å². The second kappa shape index (κ2) is 5.89. The zero-order valence-corrected chi connectivity index (χ0v) is 13.4. The summed E-state index contributed by atoms with van der Waals surface area (Å²) in [4.78, 5) is 21.9. The van der Waals surface area contributed by atoms with Crippen LogP contribution in [0.1, 0.15) is 34.2 Å². The number of aryl methyl sites for hydroxylation is 1. The van der Waals surface area contributed by atoms with Crippen LogP contribution in [0.15, 0.2) is 60.7 Å². The normalized spacial score (nSPS) is 16.4. The van der Waals surface area contributed by atoms with Crippen LogP contribution in [0.3, 0.4) is 0 Å². The van der Waals surface area contributed by atoms with Crippen molar-refractivity contribution in [2.75, 3.05) is 5.32 Å². The van der Waals surface area contributed by atoms with E-state index >= 15 is 0 Å². The minimum atomic E-state index is -0.0517. The first-order valence-electron chi connectivity index (χ1n) is 8.01. The van der Waals surface area contributed by atoms with Crippen molar-refractivity contribution in [1.82, 2.24) is 9.97 Å². The molecule has 4 nitrogen and oxygen atoms in total. The third kappa shape index (κ3) is 2.56. The Balaban J connectivity index is 1.82. The number of carbonyl (C=O) groups excluding carboxylic acids is 1. The van der Waals surface area contributed by atoms with Crippen LogP contribution in [-0.4, -0.2) is 15.8 Å². The maximum atomic E-state index is 12.9. The van der Waals surface area contributed by atoms with Crippen molar-refractivity contribution in [3.63, 3.8) is 0 Å². The summed E-state index contributed by atoms with van der Waals surface area (Å²) in [5.74, 6) is 1.37. The number of hydrogen-bond acceptors (Lipinski definition) is 4. The van der Waals surface area contributed by atoms with E-state index in [9.17, 15) is 4.79 Å². The number of rotatable bonds is 2. The van der Waals surface area contributed by atoms with Gasteiger partial charge >= 0.3 is 0 Å². The van der Waals surface area contributed by atoms with Gasteiger partial charge in [0.2, 0.25) is 0 Å². The minimum absolute atomic E-state index is 0.0517. The molecule has 0 radical (unpaired) electrons. The maximum absolute atomic E-state index is 12.9. The van der Waals surface area contributed by atoms with Crippen LogP contribution in [0.4, 0.5) is 5.82 Å². The fourth-order valence-corrected chi connectivity index (χ4v) is 3.14. The molecular weight excluding hydrogens is 298 g/mol. The fraction of sp³-hybridized carbons (Fsp3) is 0.150. The highest BCUT2D eigenvalue weighted by Crippen LogP contribution is 2.36. The van der Waals surface area contributed by atoms with Crippen molar-refractivity contribution >= 4 is 11.6 Å². The SMILES string of the molecule is Cc1nc2c(c(-c3ccccc3)n1)C(=O)CC(c1ccccc1)N2. The molecule has 4 rings (SSSR count). The lowest BCUT2D eigenvalue weighted by Gasteiger charge is -2.27. The average molecular weight is 315 g/mol. The Morgan fingerprint density at radius 3 is 2.33 bits per heavy atom. The highest BCUT2D eigenvalue weighted by molar-refractivity contribution is 6.07. The Bertz CT molecular complexity index is 892. The van der Waals surface area contributed by atoms with Crippen LogP contribution in [0, 0.1) is 6.92 Å². The summed E-state index contributed by atoms with van der Waals surface area (Å²) in [6.45, 7) is 1.85. The zero-order valence-electron chi connectivity index (χ0n) is 13.4. The number of nitrogens with zero attached hydrogens (tertiary/aromatic N) is 2. The first-order chi connectivity index (χ1) is 11.7. The number of anilines is 1. The average Bonchev–Trinajstić information content (AvgIpc) is 2.62. The minimum Gasteiger partial charge on any atom is -0.362 e. The summed E-state index contributed by atoms with van der Waals surface area (Å²) >= 11 is 0. The molecule has 1 unspecified atom stereocenters. The molecular formula is C20H17N3O. The Morgan fingerprint density at radius 2 is 1.62 bits per heavy atom. The highest BCUT2D eigenvalue weighted by Gasteiger charge is 2.30. The van der Waals surface area contributed by atoms with Crippen molar-refractivity contribution < 1.29 is 4.79 Å². The summed E-state index contributed by atoms with van der Waals surface area (Å²) < 4.78 is 0. The highest BCUT2D eigenvalue weighted by atomic mass is 16.1. The van der Waals surface area contributed by atoms with Gasteiger partial charge in [0.25, 0.3) is 0 Å². The lowest BCUT2D eigenvalue weighted by Crippen LogP contribution is -2.25. The van der Waals surface area contributed by atoms with Gasteiger partial charge in [-0.1, -0.05) is 60.7 Å². The summed E-state index contributed by atoms with van der Waals surface area (Å²) in [6.07, 6.45) is 0.406. The molecule has 0 aliphatic carbocycles. The number of benzene rings is 2. The molecule has 1 aliphatic rings. The Kier molecular flexibility index (Phi) is 3.58. The second-order valence-corrected chi connectivity index (χ2v) is 5.94. The van der Waals surface area contributed by atoms with Crippen molar-refractivity contribution in [3.05, 3.63) is 77.6 Å². The monoisotopic (exact) mass is 315 g/mol. The van der Waals surface area contributed by atoms with Gasteiger partial charge in [-0.3, -0.25) is 4.79 Å². The molecule has 1 aliphatic heterocycles. The Hall–Kier alpha value is -3.01. The van der Waals surface area contributed by atoms with E-state index in [4.69, 9.17) is 0 Å². The van der Waals surface area contributed by atoms with Crippen molar-refractivity contribution in [2.24, 2.45) is 0 Å². The lowest BCUT2D eigenvalue weighted by atomic mass is 9.91. The van der Waals surface area contributed by atoms with Crippen LogP contribution in [-0.2, 0) is 0 Å². The van der Waals surface area contributed by atoms with Crippen LogP contribution in [0.2, 0.25) is 0 Å². The second-order valence-electron chi connectivity index (χ2n) is 5.94. The topological polar surface area (TPSA) is 54.9 Å². The number of carbonyl (C=O) groups is 1. The summed E-state index contributed by atoms with van der Waals surface area (Å²) in [5, 5.41) is 3.42. The van der Waals surface area contributed by atoms with Gasteiger partial charge in [-0.25, -0.2) is 9.97 Å². The molecule has 0 amide bonds. The molecule has 1 N–H and O–H groups in total. The van der Waals surface area contributed by atoms with E-state index in [0.717, 1.165) is 11.1 Å².